The van der Waals surface area contributed by atoms with Gasteiger partial charge in [0.05, 0.1) is 0 Å². The monoisotopic (exact) mass is 196 g/mol. The first kappa shape index (κ1) is 10.6. The average molecular weight is 196 g/mol. The summed E-state index contributed by atoms with van der Waals surface area (Å²) in [6, 6.07) is 3.58. The van der Waals surface area contributed by atoms with E-state index in [1.54, 1.807) is 4.90 Å². The summed E-state index contributed by atoms with van der Waals surface area (Å²) in [5.41, 5.74) is 5.03. The molecule has 0 atom stereocenters. The number of nitrogens with zero attached hydrogens (tertiary/aromatic N) is 1. The molecule has 78 valence electrons. The summed E-state index contributed by atoms with van der Waals surface area (Å²) >= 11 is 0. The standard InChI is InChI=1S/C5H11N3O.C4H5N/c6-5(9)8-3-1-7-2-4-8;1-2-4-5-3-1/h7H,1-4H2,(H2,6,9);1-5H. The number of amides is 2. The zero-order chi connectivity index (χ0) is 10.2. The zero-order valence-electron chi connectivity index (χ0n) is 8.07. The Hall–Kier alpha value is -1.49. The van der Waals surface area contributed by atoms with Gasteiger partial charge < -0.3 is 20.9 Å². The molecule has 5 nitrogen and oxygen atoms in total. The van der Waals surface area contributed by atoms with Crippen molar-refractivity contribution in [1.82, 2.24) is 15.2 Å². The van der Waals surface area contributed by atoms with Crippen LogP contribution < -0.4 is 11.1 Å². The van der Waals surface area contributed by atoms with E-state index in [0.717, 1.165) is 26.2 Å². The quantitative estimate of drug-likeness (QED) is 0.545. The highest BCUT2D eigenvalue weighted by Crippen LogP contribution is 1.89. The first-order valence-electron chi connectivity index (χ1n) is 4.63. The van der Waals surface area contributed by atoms with Gasteiger partial charge in [-0.15, -0.1) is 0 Å². The van der Waals surface area contributed by atoms with Crippen molar-refractivity contribution >= 4 is 6.03 Å². The number of primary amides is 1. The van der Waals surface area contributed by atoms with E-state index in [4.69, 9.17) is 5.73 Å². The first-order valence-corrected chi connectivity index (χ1v) is 4.63. The van der Waals surface area contributed by atoms with Crippen LogP contribution in [0.4, 0.5) is 4.79 Å². The molecule has 1 aliphatic heterocycles. The predicted octanol–water partition coefficient (Wildman–Crippen LogP) is -0.0150. The molecule has 4 N–H and O–H groups in total. The van der Waals surface area contributed by atoms with Crippen molar-refractivity contribution in [1.29, 1.82) is 0 Å². The van der Waals surface area contributed by atoms with Gasteiger partial charge in [-0.1, -0.05) is 0 Å². The van der Waals surface area contributed by atoms with Crippen LogP contribution in [0.2, 0.25) is 0 Å². The van der Waals surface area contributed by atoms with Crippen LogP contribution in [0, 0.1) is 0 Å². The van der Waals surface area contributed by atoms with Crippen molar-refractivity contribution in [3.05, 3.63) is 24.5 Å². The number of carbonyl (C=O) groups excluding carboxylic acids is 1. The van der Waals surface area contributed by atoms with Crippen LogP contribution in [-0.4, -0.2) is 42.1 Å². The van der Waals surface area contributed by atoms with Crippen molar-refractivity contribution in [3.63, 3.8) is 0 Å². The predicted molar refractivity (Wildman–Crippen MR) is 54.8 cm³/mol. The Morgan fingerprint density at radius 1 is 1.21 bits per heavy atom. The Morgan fingerprint density at radius 2 is 1.79 bits per heavy atom. The highest BCUT2D eigenvalue weighted by atomic mass is 16.2. The highest BCUT2D eigenvalue weighted by molar-refractivity contribution is 5.72. The molecule has 1 aromatic heterocycles. The normalized spacial score (nSPS) is 15.6. The Morgan fingerprint density at radius 3 is 2.07 bits per heavy atom. The third-order valence-electron chi connectivity index (χ3n) is 1.92. The lowest BCUT2D eigenvalue weighted by molar-refractivity contribution is 0.200. The van der Waals surface area contributed by atoms with Crippen LogP contribution in [0.3, 0.4) is 0 Å². The van der Waals surface area contributed by atoms with Crippen LogP contribution in [0.5, 0.6) is 0 Å². The molecule has 2 heterocycles. The molecule has 1 saturated heterocycles. The molecular formula is C9H16N4O. The number of aromatic nitrogens is 1. The summed E-state index contributed by atoms with van der Waals surface area (Å²) in [4.78, 5) is 15.0. The summed E-state index contributed by atoms with van der Waals surface area (Å²) < 4.78 is 0. The van der Waals surface area contributed by atoms with Gasteiger partial charge in [0.1, 0.15) is 0 Å². The van der Waals surface area contributed by atoms with E-state index in [1.807, 2.05) is 24.5 Å². The van der Waals surface area contributed by atoms with Gasteiger partial charge in [-0.05, 0) is 12.1 Å². The smallest absolute Gasteiger partial charge is 0.314 e. The maximum Gasteiger partial charge on any atom is 0.314 e. The third-order valence-corrected chi connectivity index (χ3v) is 1.92. The Balaban J connectivity index is 0.000000165. The topological polar surface area (TPSA) is 74.2 Å². The van der Waals surface area contributed by atoms with Crippen molar-refractivity contribution in [2.24, 2.45) is 5.73 Å². The number of piperazine rings is 1. The number of aromatic amines is 1. The van der Waals surface area contributed by atoms with E-state index < -0.39 is 0 Å². The number of rotatable bonds is 0. The number of nitrogens with one attached hydrogen (secondary N) is 2. The first-order chi connectivity index (χ1) is 6.80. The van der Waals surface area contributed by atoms with Gasteiger partial charge in [-0.2, -0.15) is 0 Å². The molecule has 2 rings (SSSR count). The molecule has 1 aromatic rings. The van der Waals surface area contributed by atoms with Crippen LogP contribution in [0.1, 0.15) is 0 Å². The van der Waals surface area contributed by atoms with Crippen molar-refractivity contribution in [2.45, 2.75) is 0 Å². The number of carbonyl (C=O) groups is 1. The van der Waals surface area contributed by atoms with E-state index in [-0.39, 0.29) is 6.03 Å². The minimum Gasteiger partial charge on any atom is -0.368 e. The van der Waals surface area contributed by atoms with E-state index in [0.29, 0.717) is 0 Å². The second-order valence-corrected chi connectivity index (χ2v) is 2.96. The van der Waals surface area contributed by atoms with E-state index >= 15 is 0 Å². The van der Waals surface area contributed by atoms with Crippen molar-refractivity contribution in [2.75, 3.05) is 26.2 Å². The molecule has 0 bridgehead atoms. The van der Waals surface area contributed by atoms with Crippen molar-refractivity contribution < 1.29 is 4.79 Å². The lowest BCUT2D eigenvalue weighted by atomic mass is 10.4. The van der Waals surface area contributed by atoms with Crippen LogP contribution in [0.25, 0.3) is 0 Å². The molecule has 0 aliphatic carbocycles. The lowest BCUT2D eigenvalue weighted by Crippen LogP contribution is -2.48. The SMILES string of the molecule is NC(=O)N1CCNCC1.c1cc[nH]c1. The summed E-state index contributed by atoms with van der Waals surface area (Å²) in [5, 5.41) is 3.12. The fourth-order valence-electron chi connectivity index (χ4n) is 1.16. The number of urea groups is 1. The van der Waals surface area contributed by atoms with Crippen LogP contribution in [0.15, 0.2) is 24.5 Å². The molecule has 1 fully saturated rings. The van der Waals surface area contributed by atoms with E-state index in [9.17, 15) is 4.79 Å². The van der Waals surface area contributed by atoms with Gasteiger partial charge >= 0.3 is 6.03 Å². The Labute approximate surface area is 83.3 Å². The lowest BCUT2D eigenvalue weighted by Gasteiger charge is -2.25. The zero-order valence-corrected chi connectivity index (χ0v) is 8.07. The molecule has 1 aliphatic rings. The van der Waals surface area contributed by atoms with E-state index in [1.165, 1.54) is 0 Å². The summed E-state index contributed by atoms with van der Waals surface area (Å²) in [7, 11) is 0. The van der Waals surface area contributed by atoms with E-state index in [2.05, 4.69) is 10.3 Å². The number of hydrogen-bond acceptors (Lipinski definition) is 2. The fraction of sp³-hybridized carbons (Fsp3) is 0.444. The Kier molecular flexibility index (Phi) is 4.57. The second kappa shape index (κ2) is 6.04. The van der Waals surface area contributed by atoms with Gasteiger partial charge in [0, 0.05) is 38.6 Å². The molecule has 0 aromatic carbocycles. The summed E-state index contributed by atoms with van der Waals surface area (Å²) in [6.07, 6.45) is 3.75. The second-order valence-electron chi connectivity index (χ2n) is 2.96. The van der Waals surface area contributed by atoms with Crippen LogP contribution >= 0.6 is 0 Å². The van der Waals surface area contributed by atoms with Crippen LogP contribution in [-0.2, 0) is 0 Å². The number of H-pyrrole nitrogens is 1. The summed E-state index contributed by atoms with van der Waals surface area (Å²) in [6.45, 7) is 3.22. The van der Waals surface area contributed by atoms with Gasteiger partial charge in [-0.3, -0.25) is 0 Å². The molecule has 14 heavy (non-hydrogen) atoms. The number of hydrogen-bond donors (Lipinski definition) is 3. The number of nitrogens with two attached hydrogens (primary N) is 1. The molecule has 2 amide bonds. The molecule has 0 radical (unpaired) electrons. The molecule has 0 saturated carbocycles. The van der Waals surface area contributed by atoms with Gasteiger partial charge in [0.25, 0.3) is 0 Å². The van der Waals surface area contributed by atoms with Crippen molar-refractivity contribution in [3.8, 4) is 0 Å². The Bertz CT molecular complexity index is 224. The maximum atomic E-state index is 10.5. The molecule has 5 heteroatoms. The summed E-state index contributed by atoms with van der Waals surface area (Å²) in [5.74, 6) is 0. The molecule has 0 unspecified atom stereocenters. The fourth-order valence-corrected chi connectivity index (χ4v) is 1.16. The largest absolute Gasteiger partial charge is 0.368 e. The minimum atomic E-state index is -0.309. The van der Waals surface area contributed by atoms with Gasteiger partial charge in [0.15, 0.2) is 0 Å². The minimum absolute atomic E-state index is 0.309. The van der Waals surface area contributed by atoms with Gasteiger partial charge in [-0.25, -0.2) is 4.79 Å². The maximum absolute atomic E-state index is 10.5. The molecule has 0 spiro atoms. The molecular weight excluding hydrogens is 180 g/mol. The third kappa shape index (κ3) is 3.95. The van der Waals surface area contributed by atoms with Gasteiger partial charge in [0.2, 0.25) is 0 Å². The highest BCUT2D eigenvalue weighted by Gasteiger charge is 2.11. The average Bonchev–Trinajstić information content (AvgIpc) is 2.77.